The van der Waals surface area contributed by atoms with Gasteiger partial charge in [0.05, 0.1) is 44.4 Å². The summed E-state index contributed by atoms with van der Waals surface area (Å²) in [6, 6.07) is 12.7. The Balaban J connectivity index is 1.39. The average molecular weight is 423 g/mol. The molecule has 164 valence electrons. The number of anilines is 2. The summed E-state index contributed by atoms with van der Waals surface area (Å²) in [6.45, 7) is 9.54. The number of quaternary nitrogens is 1. The lowest BCUT2D eigenvalue weighted by atomic mass is 10.2. The van der Waals surface area contributed by atoms with Crippen molar-refractivity contribution >= 4 is 17.4 Å². The molecular weight excluding hydrogens is 390 g/mol. The number of aromatic nitrogens is 1. The summed E-state index contributed by atoms with van der Waals surface area (Å²) >= 11 is 0. The van der Waals surface area contributed by atoms with Crippen LogP contribution in [0.25, 0.3) is 0 Å². The lowest BCUT2D eigenvalue weighted by Crippen LogP contribution is -3.15. The van der Waals surface area contributed by atoms with Crippen molar-refractivity contribution < 1.29 is 14.4 Å². The van der Waals surface area contributed by atoms with Crippen molar-refractivity contribution in [2.24, 2.45) is 0 Å². The first-order valence-corrected chi connectivity index (χ1v) is 11.2. The maximum absolute atomic E-state index is 12.9. The van der Waals surface area contributed by atoms with Gasteiger partial charge >= 0.3 is 0 Å². The molecule has 2 aliphatic heterocycles. The van der Waals surface area contributed by atoms with Crippen LogP contribution in [0.2, 0.25) is 0 Å². The van der Waals surface area contributed by atoms with Crippen LogP contribution in [0, 0.1) is 25.2 Å². The van der Waals surface area contributed by atoms with Crippen LogP contribution < -0.4 is 15.1 Å². The fourth-order valence-electron chi connectivity index (χ4n) is 4.65. The van der Waals surface area contributed by atoms with E-state index in [1.807, 2.05) is 19.9 Å². The third-order valence-corrected chi connectivity index (χ3v) is 6.61. The first-order valence-electron chi connectivity index (χ1n) is 11.2. The normalized spacial score (nSPS) is 19.4. The lowest BCUT2D eigenvalue weighted by molar-refractivity contribution is -0.892. The van der Waals surface area contributed by atoms with Gasteiger partial charge in [0.15, 0.2) is 6.54 Å². The van der Waals surface area contributed by atoms with Crippen LogP contribution in [-0.2, 0) is 16.1 Å². The van der Waals surface area contributed by atoms with E-state index in [1.165, 1.54) is 10.6 Å². The van der Waals surface area contributed by atoms with Crippen molar-refractivity contribution in [1.82, 2.24) is 4.57 Å². The zero-order valence-corrected chi connectivity index (χ0v) is 18.5. The molecule has 0 aliphatic carbocycles. The minimum atomic E-state index is -0.0363. The fourth-order valence-corrected chi connectivity index (χ4v) is 4.65. The molecule has 7 heteroatoms. The summed E-state index contributed by atoms with van der Waals surface area (Å²) in [5, 5.41) is 12.8. The number of benzene rings is 1. The Bertz CT molecular complexity index is 949. The van der Waals surface area contributed by atoms with E-state index in [-0.39, 0.29) is 12.0 Å². The number of carbonyl (C=O) groups is 1. The Labute approximate surface area is 184 Å². The molecule has 2 saturated heterocycles. The number of carbonyl (C=O) groups excluding carboxylic acids is 1. The number of nitriles is 1. The minimum absolute atomic E-state index is 0.0363. The Morgan fingerprint density at radius 2 is 2.00 bits per heavy atom. The van der Waals surface area contributed by atoms with Crippen LogP contribution in [0.5, 0.6) is 0 Å². The first kappa shape index (κ1) is 21.4. The Morgan fingerprint density at radius 3 is 2.65 bits per heavy atom. The van der Waals surface area contributed by atoms with Crippen molar-refractivity contribution in [3.05, 3.63) is 47.2 Å². The minimum Gasteiger partial charge on any atom is -0.376 e. The highest BCUT2D eigenvalue weighted by molar-refractivity contribution is 5.92. The summed E-state index contributed by atoms with van der Waals surface area (Å²) in [5.41, 5.74) is 3.75. The lowest BCUT2D eigenvalue weighted by Gasteiger charge is -2.33. The third-order valence-electron chi connectivity index (χ3n) is 6.61. The Hall–Kier alpha value is -2.82. The molecule has 2 aromatic rings. The molecule has 3 heterocycles. The predicted molar refractivity (Wildman–Crippen MR) is 120 cm³/mol. The molecule has 4 rings (SSSR count). The fraction of sp³-hybridized carbons (Fsp3) is 0.500. The van der Waals surface area contributed by atoms with Crippen LogP contribution in [0.1, 0.15) is 29.7 Å². The largest absolute Gasteiger partial charge is 0.376 e. The van der Waals surface area contributed by atoms with Gasteiger partial charge in [0.25, 0.3) is 5.91 Å². The molecule has 7 nitrogen and oxygen atoms in total. The van der Waals surface area contributed by atoms with Crippen LogP contribution in [-0.4, -0.2) is 55.9 Å². The number of ether oxygens (including phenoxy) is 1. The highest BCUT2D eigenvalue weighted by Gasteiger charge is 2.26. The summed E-state index contributed by atoms with van der Waals surface area (Å²) < 4.78 is 7.86. The molecule has 1 aromatic heterocycles. The van der Waals surface area contributed by atoms with Crippen molar-refractivity contribution in [2.45, 2.75) is 39.3 Å². The summed E-state index contributed by atoms with van der Waals surface area (Å²) in [7, 11) is 0. The molecule has 0 radical (unpaired) electrons. The van der Waals surface area contributed by atoms with Crippen LogP contribution in [0.4, 0.5) is 11.5 Å². The van der Waals surface area contributed by atoms with Gasteiger partial charge in [0.1, 0.15) is 11.9 Å². The summed E-state index contributed by atoms with van der Waals surface area (Å²) in [5.74, 6) is 0.589. The topological polar surface area (TPSA) is 74.7 Å². The average Bonchev–Trinajstić information content (AvgIpc) is 3.38. The first-order chi connectivity index (χ1) is 15.1. The summed E-state index contributed by atoms with van der Waals surface area (Å²) in [4.78, 5) is 16.6. The monoisotopic (exact) mass is 422 g/mol. The number of nitrogens with zero attached hydrogens (tertiary/aromatic N) is 3. The number of nitrogens with one attached hydrogen (secondary N) is 2. The smallest absolute Gasteiger partial charge is 0.280 e. The zero-order chi connectivity index (χ0) is 21.8. The van der Waals surface area contributed by atoms with Gasteiger partial charge in [0.2, 0.25) is 0 Å². The van der Waals surface area contributed by atoms with E-state index in [1.54, 1.807) is 0 Å². The quantitative estimate of drug-likeness (QED) is 0.740. The molecule has 0 bridgehead atoms. The number of rotatable bonds is 6. The second-order valence-electron chi connectivity index (χ2n) is 8.59. The predicted octanol–water partition coefficient (Wildman–Crippen LogP) is 1.50. The number of amides is 1. The van der Waals surface area contributed by atoms with E-state index >= 15 is 0 Å². The molecule has 2 aliphatic rings. The number of piperazine rings is 1. The van der Waals surface area contributed by atoms with Gasteiger partial charge < -0.3 is 24.4 Å². The van der Waals surface area contributed by atoms with Crippen molar-refractivity contribution in [1.29, 1.82) is 5.26 Å². The Morgan fingerprint density at radius 1 is 1.26 bits per heavy atom. The molecule has 0 saturated carbocycles. The standard InChI is InChI=1S/C24H31N5O2/c1-18-19(2)29(16-21-9-6-14-31-21)24(22(18)15-25)26-23(30)17-27-10-12-28(13-11-27)20-7-4-3-5-8-20/h3-5,7-8,21H,6,9-14,16-17H2,1-2H3,(H,26,30)/p+1/t21-/m0/s1. The summed E-state index contributed by atoms with van der Waals surface area (Å²) in [6.07, 6.45) is 2.22. The van der Waals surface area contributed by atoms with E-state index in [4.69, 9.17) is 4.74 Å². The maximum atomic E-state index is 12.9. The van der Waals surface area contributed by atoms with E-state index in [2.05, 4.69) is 45.1 Å². The van der Waals surface area contributed by atoms with Crippen molar-refractivity contribution in [3.8, 4) is 6.07 Å². The molecule has 1 atom stereocenters. The van der Waals surface area contributed by atoms with E-state index in [9.17, 15) is 10.1 Å². The molecule has 2 fully saturated rings. The highest BCUT2D eigenvalue weighted by atomic mass is 16.5. The molecular formula is C24H32N5O2+. The van der Waals surface area contributed by atoms with Gasteiger partial charge in [-0.1, -0.05) is 18.2 Å². The molecule has 31 heavy (non-hydrogen) atoms. The van der Waals surface area contributed by atoms with Crippen LogP contribution in [0.3, 0.4) is 0 Å². The number of hydrogen-bond donors (Lipinski definition) is 2. The molecule has 0 spiro atoms. The van der Waals surface area contributed by atoms with Gasteiger partial charge in [-0.2, -0.15) is 5.26 Å². The van der Waals surface area contributed by atoms with Crippen LogP contribution >= 0.6 is 0 Å². The maximum Gasteiger partial charge on any atom is 0.280 e. The second-order valence-corrected chi connectivity index (χ2v) is 8.59. The van der Waals surface area contributed by atoms with Gasteiger partial charge in [-0.25, -0.2) is 0 Å². The second kappa shape index (κ2) is 9.54. The highest BCUT2D eigenvalue weighted by Crippen LogP contribution is 2.28. The molecule has 2 N–H and O–H groups in total. The number of para-hydroxylation sites is 1. The van der Waals surface area contributed by atoms with Crippen LogP contribution in [0.15, 0.2) is 30.3 Å². The third kappa shape index (κ3) is 4.76. The van der Waals surface area contributed by atoms with E-state index in [0.717, 1.165) is 56.9 Å². The van der Waals surface area contributed by atoms with Crippen molar-refractivity contribution in [2.75, 3.05) is 49.5 Å². The molecule has 0 unspecified atom stereocenters. The van der Waals surface area contributed by atoms with Crippen molar-refractivity contribution in [3.63, 3.8) is 0 Å². The zero-order valence-electron chi connectivity index (χ0n) is 18.5. The van der Waals surface area contributed by atoms with Gasteiger partial charge in [-0.05, 0) is 44.4 Å². The number of hydrogen-bond acceptors (Lipinski definition) is 4. The Kier molecular flexibility index (Phi) is 6.59. The van der Waals surface area contributed by atoms with E-state index in [0.29, 0.717) is 24.5 Å². The van der Waals surface area contributed by atoms with E-state index < -0.39 is 0 Å². The van der Waals surface area contributed by atoms with Gasteiger partial charge in [-0.15, -0.1) is 0 Å². The molecule has 1 aromatic carbocycles. The SMILES string of the molecule is Cc1c(C#N)c(NC(=O)C[NH+]2CCN(c3ccccc3)CC2)n(C[C@@H]2CCCO2)c1C. The van der Waals surface area contributed by atoms with Gasteiger partial charge in [0, 0.05) is 18.0 Å². The van der Waals surface area contributed by atoms with Gasteiger partial charge in [-0.3, -0.25) is 4.79 Å². The molecule has 1 amide bonds.